The molecular weight excluding hydrogens is 476 g/mol. The maximum Gasteiger partial charge on any atom is 0.248 e. The second-order valence-corrected chi connectivity index (χ2v) is 10.7. The van der Waals surface area contributed by atoms with Crippen LogP contribution in [0.5, 0.6) is 0 Å². The highest BCUT2D eigenvalue weighted by atomic mass is 79.9. The number of hydrogen-bond acceptors (Lipinski definition) is 3. The van der Waals surface area contributed by atoms with E-state index in [4.69, 9.17) is 16.7 Å². The summed E-state index contributed by atoms with van der Waals surface area (Å²) in [5.74, 6) is 1.44. The number of carbonyl (C=O) groups is 1. The number of rotatable bonds is 9. The third-order valence-corrected chi connectivity index (χ3v) is 8.37. The number of piperidine rings is 1. The molecule has 0 aromatic heterocycles. The van der Waals surface area contributed by atoms with E-state index in [-0.39, 0.29) is 12.5 Å². The van der Waals surface area contributed by atoms with Gasteiger partial charge in [0.05, 0.1) is 0 Å². The third-order valence-electron chi connectivity index (χ3n) is 7.36. The molecule has 1 aliphatic heterocycles. The van der Waals surface area contributed by atoms with Crippen molar-refractivity contribution in [2.45, 2.75) is 70.8 Å². The highest BCUT2D eigenvalue weighted by molar-refractivity contribution is 9.10. The summed E-state index contributed by atoms with van der Waals surface area (Å²) in [7, 11) is 0. The van der Waals surface area contributed by atoms with Crippen molar-refractivity contribution < 1.29 is 9.90 Å². The first-order valence-electron chi connectivity index (χ1n) is 12.1. The van der Waals surface area contributed by atoms with Gasteiger partial charge in [-0.3, -0.25) is 4.79 Å². The Hall–Kier alpha value is -0.620. The molecule has 1 amide bonds. The van der Waals surface area contributed by atoms with Gasteiger partial charge in [-0.25, -0.2) is 0 Å². The summed E-state index contributed by atoms with van der Waals surface area (Å²) in [6.45, 7) is 6.00. The zero-order valence-corrected chi connectivity index (χ0v) is 21.2. The Morgan fingerprint density at radius 1 is 1.16 bits per heavy atom. The van der Waals surface area contributed by atoms with Crippen molar-refractivity contribution in [3.8, 4) is 0 Å². The highest BCUT2D eigenvalue weighted by Gasteiger charge is 2.27. The lowest BCUT2D eigenvalue weighted by molar-refractivity contribution is -0.137. The molecule has 3 rings (SSSR count). The number of aliphatic hydroxyl groups is 1. The van der Waals surface area contributed by atoms with E-state index in [1.54, 1.807) is 0 Å². The van der Waals surface area contributed by atoms with E-state index < -0.39 is 0 Å². The minimum absolute atomic E-state index is 0.114. The largest absolute Gasteiger partial charge is 0.387 e. The van der Waals surface area contributed by atoms with Gasteiger partial charge in [0.2, 0.25) is 5.91 Å². The molecule has 31 heavy (non-hydrogen) atoms. The fourth-order valence-electron chi connectivity index (χ4n) is 5.50. The Balaban J connectivity index is 1.31. The molecule has 0 spiro atoms. The van der Waals surface area contributed by atoms with Crippen molar-refractivity contribution in [2.75, 3.05) is 32.8 Å². The molecule has 1 aromatic carbocycles. The third kappa shape index (κ3) is 7.45. The quantitative estimate of drug-likeness (QED) is 0.472. The molecule has 1 saturated heterocycles. The first-order chi connectivity index (χ1) is 15.0. The number of aliphatic hydroxyl groups excluding tert-OH is 1. The summed E-state index contributed by atoms with van der Waals surface area (Å²) in [5.41, 5.74) is 1.34. The average Bonchev–Trinajstić information content (AvgIpc) is 2.79. The van der Waals surface area contributed by atoms with Gasteiger partial charge in [-0.05, 0) is 120 Å². The van der Waals surface area contributed by atoms with E-state index in [1.807, 2.05) is 17.9 Å². The molecule has 1 heterocycles. The minimum Gasteiger partial charge on any atom is -0.387 e. The lowest BCUT2D eigenvalue weighted by Crippen LogP contribution is -2.43. The molecule has 2 fully saturated rings. The van der Waals surface area contributed by atoms with Crippen LogP contribution in [0.2, 0.25) is 5.02 Å². The Labute approximate surface area is 201 Å². The summed E-state index contributed by atoms with van der Waals surface area (Å²) in [6, 6.07) is 6.44. The smallest absolute Gasteiger partial charge is 0.248 e. The van der Waals surface area contributed by atoms with E-state index in [0.29, 0.717) is 12.6 Å². The van der Waals surface area contributed by atoms with Crippen molar-refractivity contribution in [3.05, 3.63) is 33.3 Å². The van der Waals surface area contributed by atoms with Gasteiger partial charge >= 0.3 is 0 Å². The number of halogens is 2. The second-order valence-electron chi connectivity index (χ2n) is 9.38. The molecule has 1 N–H and O–H groups in total. The molecule has 4 nitrogen and oxygen atoms in total. The van der Waals surface area contributed by atoms with E-state index in [1.165, 1.54) is 68.2 Å². The Bertz CT molecular complexity index is 701. The Morgan fingerprint density at radius 2 is 1.87 bits per heavy atom. The monoisotopic (exact) mass is 512 g/mol. The number of amides is 1. The first kappa shape index (κ1) is 25.0. The molecular formula is C25H38BrClN2O2. The summed E-state index contributed by atoms with van der Waals surface area (Å²) >= 11 is 9.84. The molecule has 1 aromatic rings. The predicted octanol–water partition coefficient (Wildman–Crippen LogP) is 5.54. The molecule has 6 heteroatoms. The number of likely N-dealkylation sites (N-methyl/N-ethyl adjacent to an activating group) is 1. The van der Waals surface area contributed by atoms with Crippen LogP contribution in [0.25, 0.3) is 0 Å². The van der Waals surface area contributed by atoms with Crippen LogP contribution in [0.15, 0.2) is 22.7 Å². The van der Waals surface area contributed by atoms with Crippen molar-refractivity contribution >= 4 is 33.4 Å². The van der Waals surface area contributed by atoms with Gasteiger partial charge in [-0.15, -0.1) is 0 Å². The maximum atomic E-state index is 11.9. The lowest BCUT2D eigenvalue weighted by atomic mass is 9.82. The molecule has 174 valence electrons. The molecule has 1 aliphatic carbocycles. The number of benzene rings is 1. The first-order valence-corrected chi connectivity index (χ1v) is 13.2. The Kier molecular flexibility index (Phi) is 10.1. The van der Waals surface area contributed by atoms with Gasteiger partial charge in [0.15, 0.2) is 0 Å². The molecule has 1 saturated carbocycles. The summed E-state index contributed by atoms with van der Waals surface area (Å²) in [4.78, 5) is 16.4. The molecule has 0 bridgehead atoms. The normalized spacial score (nSPS) is 23.1. The van der Waals surface area contributed by atoms with Crippen LogP contribution in [0.3, 0.4) is 0 Å². The standard InChI is InChI=1S/C25H38BrClN2O2/c1-2-29(25(31)18-30)23-8-5-19(6-9-23)4-3-13-28-14-11-20(12-15-28)16-21-17-22(27)7-10-24(21)26/h7,10,17,19-20,23,30H,2-6,8-9,11-16,18H2,1H3/t19-,23-. The van der Waals surface area contributed by atoms with Crippen molar-refractivity contribution in [1.82, 2.24) is 9.80 Å². The minimum atomic E-state index is -0.360. The Morgan fingerprint density at radius 3 is 2.52 bits per heavy atom. The molecule has 0 radical (unpaired) electrons. The van der Waals surface area contributed by atoms with Crippen LogP contribution < -0.4 is 0 Å². The fourth-order valence-corrected chi connectivity index (χ4v) is 6.11. The van der Waals surface area contributed by atoms with E-state index in [0.717, 1.165) is 36.1 Å². The summed E-state index contributed by atoms with van der Waals surface area (Å²) in [6.07, 6.45) is 10.9. The van der Waals surface area contributed by atoms with Crippen LogP contribution in [-0.2, 0) is 11.2 Å². The number of hydrogen-bond donors (Lipinski definition) is 1. The maximum absolute atomic E-state index is 11.9. The van der Waals surface area contributed by atoms with Crippen LogP contribution >= 0.6 is 27.5 Å². The van der Waals surface area contributed by atoms with Gasteiger partial charge < -0.3 is 14.9 Å². The number of likely N-dealkylation sites (tertiary alicyclic amines) is 1. The van der Waals surface area contributed by atoms with Crippen LogP contribution in [0.1, 0.15) is 63.9 Å². The van der Waals surface area contributed by atoms with Gasteiger partial charge in [-0.2, -0.15) is 0 Å². The SMILES string of the molecule is CCN(C(=O)CO)[C@H]1CC[C@H](CCCN2CCC(Cc3cc(Cl)ccc3Br)CC2)CC1. The average molecular weight is 514 g/mol. The molecule has 0 atom stereocenters. The fraction of sp³-hybridized carbons (Fsp3) is 0.720. The van der Waals surface area contributed by atoms with Crippen molar-refractivity contribution in [2.24, 2.45) is 11.8 Å². The second kappa shape index (κ2) is 12.6. The highest BCUT2D eigenvalue weighted by Crippen LogP contribution is 2.31. The van der Waals surface area contributed by atoms with Crippen molar-refractivity contribution in [1.29, 1.82) is 0 Å². The van der Waals surface area contributed by atoms with Gasteiger partial charge in [0.25, 0.3) is 0 Å². The zero-order chi connectivity index (χ0) is 22.2. The van der Waals surface area contributed by atoms with E-state index in [2.05, 4.69) is 33.0 Å². The number of nitrogens with zero attached hydrogens (tertiary/aromatic N) is 2. The molecule has 0 unspecified atom stereocenters. The summed E-state index contributed by atoms with van der Waals surface area (Å²) < 4.78 is 1.18. The van der Waals surface area contributed by atoms with Crippen LogP contribution in [0, 0.1) is 11.8 Å². The lowest BCUT2D eigenvalue weighted by Gasteiger charge is -2.36. The van der Waals surface area contributed by atoms with E-state index in [9.17, 15) is 4.79 Å². The van der Waals surface area contributed by atoms with Crippen molar-refractivity contribution in [3.63, 3.8) is 0 Å². The van der Waals surface area contributed by atoms with E-state index >= 15 is 0 Å². The summed E-state index contributed by atoms with van der Waals surface area (Å²) in [5, 5.41) is 9.99. The van der Waals surface area contributed by atoms with Gasteiger partial charge in [-0.1, -0.05) is 27.5 Å². The zero-order valence-electron chi connectivity index (χ0n) is 18.9. The molecule has 2 aliphatic rings. The topological polar surface area (TPSA) is 43.8 Å². The van der Waals surface area contributed by atoms with Crippen LogP contribution in [0.4, 0.5) is 0 Å². The van der Waals surface area contributed by atoms with Gasteiger partial charge in [0.1, 0.15) is 6.61 Å². The number of carbonyl (C=O) groups excluding carboxylic acids is 1. The van der Waals surface area contributed by atoms with Gasteiger partial charge in [0, 0.05) is 22.1 Å². The van der Waals surface area contributed by atoms with Crippen LogP contribution in [-0.4, -0.2) is 59.6 Å². The predicted molar refractivity (Wildman–Crippen MR) is 131 cm³/mol.